The number of hydrogen-bond donors (Lipinski definition) is 1. The Morgan fingerprint density at radius 3 is 2.36 bits per heavy atom. The summed E-state index contributed by atoms with van der Waals surface area (Å²) in [6.07, 6.45) is 0.998. The molecule has 1 aromatic carbocycles. The van der Waals surface area contributed by atoms with Crippen molar-refractivity contribution in [2.45, 2.75) is 23.6 Å². The van der Waals surface area contributed by atoms with Crippen LogP contribution >= 0.6 is 11.3 Å². The minimum atomic E-state index is -3.42. The van der Waals surface area contributed by atoms with Gasteiger partial charge >= 0.3 is 0 Å². The average molecular weight is 338 g/mol. The van der Waals surface area contributed by atoms with Crippen LogP contribution in [0.25, 0.3) is 0 Å². The van der Waals surface area contributed by atoms with E-state index >= 15 is 0 Å². The van der Waals surface area contributed by atoms with Crippen molar-refractivity contribution in [3.05, 3.63) is 52.9 Å². The molecule has 0 amide bonds. The molecule has 0 fully saturated rings. The van der Waals surface area contributed by atoms with Crippen LogP contribution in [0.2, 0.25) is 0 Å². The van der Waals surface area contributed by atoms with Crippen molar-refractivity contribution in [2.24, 2.45) is 0 Å². The van der Waals surface area contributed by atoms with E-state index < -0.39 is 10.0 Å². The van der Waals surface area contributed by atoms with Crippen LogP contribution in [0.3, 0.4) is 0 Å². The first-order chi connectivity index (χ1) is 10.4. The Hall–Kier alpha value is -1.21. The van der Waals surface area contributed by atoms with Crippen LogP contribution in [0, 0.1) is 0 Å². The van der Waals surface area contributed by atoms with Crippen molar-refractivity contribution in [3.63, 3.8) is 0 Å². The molecule has 0 saturated heterocycles. The molecule has 0 aliphatic carbocycles. The highest BCUT2D eigenvalue weighted by molar-refractivity contribution is 7.91. The molecule has 0 saturated carbocycles. The van der Waals surface area contributed by atoms with E-state index in [0.29, 0.717) is 10.8 Å². The largest absolute Gasteiger partial charge is 0.301 e. The van der Waals surface area contributed by atoms with Gasteiger partial charge in [0.15, 0.2) is 0 Å². The highest BCUT2D eigenvalue weighted by atomic mass is 32.2. The SMILES string of the molecule is CCc1ccc([C@@H](CNS(=O)(=O)c2cccs2)N(C)C)cc1. The van der Waals surface area contributed by atoms with Crippen LogP contribution in [0.15, 0.2) is 46.0 Å². The van der Waals surface area contributed by atoms with Gasteiger partial charge in [0.1, 0.15) is 4.21 Å². The fourth-order valence-corrected chi connectivity index (χ4v) is 4.33. The maximum absolute atomic E-state index is 12.2. The van der Waals surface area contributed by atoms with E-state index in [0.717, 1.165) is 12.0 Å². The molecule has 1 atom stereocenters. The molecule has 2 rings (SSSR count). The third-order valence-corrected chi connectivity index (χ3v) is 6.44. The summed E-state index contributed by atoms with van der Waals surface area (Å²) in [5, 5.41) is 1.77. The van der Waals surface area contributed by atoms with E-state index in [9.17, 15) is 8.42 Å². The van der Waals surface area contributed by atoms with Gasteiger partial charge in [-0.1, -0.05) is 37.3 Å². The van der Waals surface area contributed by atoms with Crippen molar-refractivity contribution in [3.8, 4) is 0 Å². The Balaban J connectivity index is 2.12. The molecule has 0 aliphatic rings. The molecule has 0 bridgehead atoms. The molecule has 1 N–H and O–H groups in total. The zero-order valence-electron chi connectivity index (χ0n) is 13.1. The second-order valence-corrected chi connectivity index (χ2v) is 8.30. The van der Waals surface area contributed by atoms with Gasteiger partial charge in [0.05, 0.1) is 0 Å². The van der Waals surface area contributed by atoms with Crippen molar-refractivity contribution in [1.29, 1.82) is 0 Å². The second kappa shape index (κ2) is 7.37. The number of nitrogens with one attached hydrogen (secondary N) is 1. The van der Waals surface area contributed by atoms with Gasteiger partial charge < -0.3 is 4.90 Å². The van der Waals surface area contributed by atoms with Crippen LogP contribution in [0.1, 0.15) is 24.1 Å². The van der Waals surface area contributed by atoms with E-state index in [1.165, 1.54) is 16.9 Å². The summed E-state index contributed by atoms with van der Waals surface area (Å²) < 4.78 is 27.5. The fourth-order valence-electron chi connectivity index (χ4n) is 2.25. The Bertz CT molecular complexity index is 677. The standard InChI is InChI=1S/C16H22N2O2S2/c1-4-13-7-9-14(10-8-13)15(18(2)3)12-17-22(19,20)16-6-5-11-21-16/h5-11,15,17H,4,12H2,1-3H3/t15-/m1/s1. The first-order valence-corrected chi connectivity index (χ1v) is 9.58. The minimum absolute atomic E-state index is 0.000596. The Labute approximate surface area is 136 Å². The highest BCUT2D eigenvalue weighted by Gasteiger charge is 2.20. The fraction of sp³-hybridized carbons (Fsp3) is 0.375. The Morgan fingerprint density at radius 2 is 1.86 bits per heavy atom. The summed E-state index contributed by atoms with van der Waals surface area (Å²) >= 11 is 1.23. The molecule has 0 radical (unpaired) electrons. The summed E-state index contributed by atoms with van der Waals surface area (Å²) in [6.45, 7) is 2.46. The smallest absolute Gasteiger partial charge is 0.250 e. The molecule has 0 aliphatic heterocycles. The summed E-state index contributed by atoms with van der Waals surface area (Å²) in [7, 11) is 0.488. The predicted molar refractivity (Wildman–Crippen MR) is 91.8 cm³/mol. The maximum atomic E-state index is 12.2. The van der Waals surface area contributed by atoms with E-state index in [-0.39, 0.29) is 6.04 Å². The average Bonchev–Trinajstić information content (AvgIpc) is 3.03. The second-order valence-electron chi connectivity index (χ2n) is 5.36. The first-order valence-electron chi connectivity index (χ1n) is 7.22. The molecule has 0 spiro atoms. The summed E-state index contributed by atoms with van der Waals surface area (Å²) in [6, 6.07) is 11.7. The summed E-state index contributed by atoms with van der Waals surface area (Å²) in [5.41, 5.74) is 2.39. The number of rotatable bonds is 7. The van der Waals surface area contributed by atoms with Crippen LogP contribution in [-0.2, 0) is 16.4 Å². The molecule has 4 nitrogen and oxygen atoms in total. The van der Waals surface area contributed by atoms with Gasteiger partial charge in [-0.25, -0.2) is 13.1 Å². The van der Waals surface area contributed by atoms with Gasteiger partial charge in [0, 0.05) is 12.6 Å². The lowest BCUT2D eigenvalue weighted by Crippen LogP contribution is -2.34. The number of aryl methyl sites for hydroxylation is 1. The molecular formula is C16H22N2O2S2. The van der Waals surface area contributed by atoms with Crippen LogP contribution < -0.4 is 4.72 Å². The van der Waals surface area contributed by atoms with Gasteiger partial charge in [-0.05, 0) is 43.1 Å². The maximum Gasteiger partial charge on any atom is 0.250 e. The van der Waals surface area contributed by atoms with Gasteiger partial charge in [-0.3, -0.25) is 0 Å². The molecular weight excluding hydrogens is 316 g/mol. The summed E-state index contributed by atoms with van der Waals surface area (Å²) in [4.78, 5) is 2.03. The lowest BCUT2D eigenvalue weighted by Gasteiger charge is -2.25. The third-order valence-electron chi connectivity index (χ3n) is 3.62. The van der Waals surface area contributed by atoms with Crippen molar-refractivity contribution < 1.29 is 8.42 Å². The lowest BCUT2D eigenvalue weighted by molar-refractivity contribution is 0.299. The first kappa shape index (κ1) is 17.1. The normalized spacial score (nSPS) is 13.5. The van der Waals surface area contributed by atoms with E-state index in [1.807, 2.05) is 19.0 Å². The molecule has 6 heteroatoms. The van der Waals surface area contributed by atoms with Crippen molar-refractivity contribution in [2.75, 3.05) is 20.6 Å². The molecule has 1 heterocycles. The zero-order chi connectivity index (χ0) is 16.2. The van der Waals surface area contributed by atoms with E-state index in [4.69, 9.17) is 0 Å². The van der Waals surface area contributed by atoms with Crippen molar-refractivity contribution >= 4 is 21.4 Å². The molecule has 2 aromatic rings. The molecule has 1 aromatic heterocycles. The number of hydrogen-bond acceptors (Lipinski definition) is 4. The van der Waals surface area contributed by atoms with Gasteiger partial charge in [-0.15, -0.1) is 11.3 Å². The monoisotopic (exact) mass is 338 g/mol. The van der Waals surface area contributed by atoms with Crippen LogP contribution in [-0.4, -0.2) is 34.0 Å². The minimum Gasteiger partial charge on any atom is -0.301 e. The van der Waals surface area contributed by atoms with E-state index in [2.05, 4.69) is 35.9 Å². The molecule has 0 unspecified atom stereocenters. The third kappa shape index (κ3) is 4.16. The van der Waals surface area contributed by atoms with Crippen LogP contribution in [0.4, 0.5) is 0 Å². The zero-order valence-corrected chi connectivity index (χ0v) is 14.7. The lowest BCUT2D eigenvalue weighted by atomic mass is 10.0. The number of nitrogens with zero attached hydrogens (tertiary/aromatic N) is 1. The number of likely N-dealkylation sites (N-methyl/N-ethyl adjacent to an activating group) is 1. The quantitative estimate of drug-likeness (QED) is 0.844. The van der Waals surface area contributed by atoms with Gasteiger partial charge in [0.25, 0.3) is 0 Å². The molecule has 120 valence electrons. The van der Waals surface area contributed by atoms with E-state index in [1.54, 1.807) is 17.5 Å². The molecule has 22 heavy (non-hydrogen) atoms. The van der Waals surface area contributed by atoms with Gasteiger partial charge in [0.2, 0.25) is 10.0 Å². The number of benzene rings is 1. The number of sulfonamides is 1. The number of thiophene rings is 1. The Morgan fingerprint density at radius 1 is 1.18 bits per heavy atom. The van der Waals surface area contributed by atoms with Gasteiger partial charge in [-0.2, -0.15) is 0 Å². The van der Waals surface area contributed by atoms with Crippen LogP contribution in [0.5, 0.6) is 0 Å². The predicted octanol–water partition coefficient (Wildman–Crippen LogP) is 2.89. The summed E-state index contributed by atoms with van der Waals surface area (Å²) in [5.74, 6) is 0. The topological polar surface area (TPSA) is 49.4 Å². The van der Waals surface area contributed by atoms with Crippen molar-refractivity contribution in [1.82, 2.24) is 9.62 Å². The highest BCUT2D eigenvalue weighted by Crippen LogP contribution is 2.20. The Kier molecular flexibility index (Phi) is 5.74.